The van der Waals surface area contributed by atoms with Crippen LogP contribution in [0.2, 0.25) is 0 Å². The lowest BCUT2D eigenvalue weighted by Gasteiger charge is -2.35. The topological polar surface area (TPSA) is 87.7 Å². The molecule has 2 atom stereocenters. The number of hydrogen-bond donors (Lipinski definition) is 2. The summed E-state index contributed by atoms with van der Waals surface area (Å²) in [6, 6.07) is 13.8. The molecule has 7 nitrogen and oxygen atoms in total. The zero-order chi connectivity index (χ0) is 28.5. The van der Waals surface area contributed by atoms with Gasteiger partial charge in [0.05, 0.1) is 0 Å². The van der Waals surface area contributed by atoms with Crippen molar-refractivity contribution in [1.82, 2.24) is 15.5 Å². The largest absolute Gasteiger partial charge is 0.444 e. The molecule has 0 aromatic heterocycles. The fourth-order valence-corrected chi connectivity index (χ4v) is 4.24. The molecule has 0 spiro atoms. The standard InChI is InChI=1S/C31H45N3O4/c1-9-17-34(29(36)26(18-21(2)3)33-30(37)38-31(6,7)8)27(25-16-15-22(4)23(5)19-25)28(35)32-20-24-13-11-10-12-14-24/h10-16,19,21,26-27H,9,17-18,20H2,1-8H3,(H,32,35)(H,33,37). The second-order valence-electron chi connectivity index (χ2n) is 11.3. The van der Waals surface area contributed by atoms with E-state index in [9.17, 15) is 14.4 Å². The highest BCUT2D eigenvalue weighted by Gasteiger charge is 2.36. The van der Waals surface area contributed by atoms with Crippen molar-refractivity contribution in [3.05, 3.63) is 70.8 Å². The van der Waals surface area contributed by atoms with E-state index < -0.39 is 23.8 Å². The van der Waals surface area contributed by atoms with Crippen LogP contribution in [-0.2, 0) is 20.9 Å². The summed E-state index contributed by atoms with van der Waals surface area (Å²) in [7, 11) is 0. The first kappa shape index (κ1) is 30.9. The van der Waals surface area contributed by atoms with Crippen LogP contribution < -0.4 is 10.6 Å². The lowest BCUT2D eigenvalue weighted by molar-refractivity contribution is -0.143. The predicted molar refractivity (Wildman–Crippen MR) is 152 cm³/mol. The van der Waals surface area contributed by atoms with Crippen LogP contribution in [0.15, 0.2) is 48.5 Å². The Labute approximate surface area is 228 Å². The Morgan fingerprint density at radius 1 is 0.974 bits per heavy atom. The molecule has 208 valence electrons. The van der Waals surface area contributed by atoms with Crippen molar-refractivity contribution in [2.45, 2.75) is 92.5 Å². The van der Waals surface area contributed by atoms with E-state index in [1.165, 1.54) is 0 Å². The fraction of sp³-hybridized carbons (Fsp3) is 0.516. The SMILES string of the molecule is CCCN(C(=O)C(CC(C)C)NC(=O)OC(C)(C)C)C(C(=O)NCc1ccccc1)c1ccc(C)c(C)c1. The van der Waals surface area contributed by atoms with Crippen LogP contribution in [0.3, 0.4) is 0 Å². The highest BCUT2D eigenvalue weighted by Crippen LogP contribution is 2.26. The summed E-state index contributed by atoms with van der Waals surface area (Å²) >= 11 is 0. The first-order valence-corrected chi connectivity index (χ1v) is 13.5. The number of rotatable bonds is 11. The summed E-state index contributed by atoms with van der Waals surface area (Å²) in [4.78, 5) is 42.1. The third kappa shape index (κ3) is 9.51. The van der Waals surface area contributed by atoms with E-state index in [0.717, 1.165) is 22.3 Å². The number of carbonyl (C=O) groups is 3. The number of aryl methyl sites for hydroxylation is 2. The Balaban J connectivity index is 2.46. The molecular formula is C31H45N3O4. The van der Waals surface area contributed by atoms with Gasteiger partial charge in [0.25, 0.3) is 0 Å². The van der Waals surface area contributed by atoms with E-state index in [4.69, 9.17) is 4.74 Å². The summed E-state index contributed by atoms with van der Waals surface area (Å²) in [6.07, 6.45) is 0.424. The third-order valence-electron chi connectivity index (χ3n) is 6.16. The van der Waals surface area contributed by atoms with Gasteiger partial charge in [-0.05, 0) is 75.6 Å². The molecule has 0 saturated carbocycles. The van der Waals surface area contributed by atoms with Crippen molar-refractivity contribution in [2.75, 3.05) is 6.54 Å². The lowest BCUT2D eigenvalue weighted by Crippen LogP contribution is -2.53. The number of ether oxygens (including phenoxy) is 1. The molecular weight excluding hydrogens is 478 g/mol. The van der Waals surface area contributed by atoms with E-state index in [-0.39, 0.29) is 17.7 Å². The third-order valence-corrected chi connectivity index (χ3v) is 6.16. The summed E-state index contributed by atoms with van der Waals surface area (Å²) < 4.78 is 5.45. The molecule has 0 aliphatic rings. The van der Waals surface area contributed by atoms with Gasteiger partial charge in [-0.2, -0.15) is 0 Å². The van der Waals surface area contributed by atoms with Crippen LogP contribution in [0.25, 0.3) is 0 Å². The lowest BCUT2D eigenvalue weighted by atomic mass is 9.96. The highest BCUT2D eigenvalue weighted by atomic mass is 16.6. The molecule has 7 heteroatoms. The second kappa shape index (κ2) is 14.0. The van der Waals surface area contributed by atoms with Crippen molar-refractivity contribution >= 4 is 17.9 Å². The number of alkyl carbamates (subject to hydrolysis) is 1. The molecule has 2 aromatic rings. The predicted octanol–water partition coefficient (Wildman–Crippen LogP) is 5.84. The van der Waals surface area contributed by atoms with Gasteiger partial charge in [0.1, 0.15) is 17.7 Å². The van der Waals surface area contributed by atoms with Crippen LogP contribution in [0.4, 0.5) is 4.79 Å². The molecule has 2 aromatic carbocycles. The minimum Gasteiger partial charge on any atom is -0.444 e. The Morgan fingerprint density at radius 3 is 2.18 bits per heavy atom. The molecule has 0 aliphatic carbocycles. The van der Waals surface area contributed by atoms with Crippen LogP contribution >= 0.6 is 0 Å². The average molecular weight is 524 g/mol. The van der Waals surface area contributed by atoms with Gasteiger partial charge in [-0.3, -0.25) is 9.59 Å². The van der Waals surface area contributed by atoms with E-state index in [0.29, 0.717) is 25.9 Å². The molecule has 3 amide bonds. The molecule has 0 saturated heterocycles. The van der Waals surface area contributed by atoms with Gasteiger partial charge in [-0.15, -0.1) is 0 Å². The van der Waals surface area contributed by atoms with Gasteiger partial charge < -0.3 is 20.3 Å². The molecule has 0 fully saturated rings. The summed E-state index contributed by atoms with van der Waals surface area (Å²) in [6.45, 7) is 16.0. The van der Waals surface area contributed by atoms with E-state index in [2.05, 4.69) is 10.6 Å². The Bertz CT molecular complexity index is 1080. The van der Waals surface area contributed by atoms with Crippen LogP contribution in [0, 0.1) is 19.8 Å². The van der Waals surface area contributed by atoms with E-state index in [1.807, 2.05) is 83.1 Å². The molecule has 0 heterocycles. The Kier molecular flexibility index (Phi) is 11.4. The number of carbonyl (C=O) groups excluding carboxylic acids is 3. The minimum absolute atomic E-state index is 0.134. The van der Waals surface area contributed by atoms with Crippen LogP contribution in [0.5, 0.6) is 0 Å². The van der Waals surface area contributed by atoms with Gasteiger partial charge >= 0.3 is 6.09 Å². The monoisotopic (exact) mass is 523 g/mol. The minimum atomic E-state index is -0.847. The summed E-state index contributed by atoms with van der Waals surface area (Å²) in [5.74, 6) is -0.432. The molecule has 2 N–H and O–H groups in total. The number of nitrogens with zero attached hydrogens (tertiary/aromatic N) is 1. The van der Waals surface area contributed by atoms with E-state index in [1.54, 1.807) is 25.7 Å². The van der Waals surface area contributed by atoms with Gasteiger partial charge in [-0.1, -0.05) is 69.3 Å². The maximum absolute atomic E-state index is 14.1. The molecule has 0 bridgehead atoms. The maximum atomic E-state index is 14.1. The highest BCUT2D eigenvalue weighted by molar-refractivity contribution is 5.92. The number of benzene rings is 2. The van der Waals surface area contributed by atoms with E-state index >= 15 is 0 Å². The number of hydrogen-bond acceptors (Lipinski definition) is 4. The number of amides is 3. The molecule has 2 unspecified atom stereocenters. The molecule has 0 aliphatic heterocycles. The maximum Gasteiger partial charge on any atom is 0.408 e. The van der Waals surface area contributed by atoms with Gasteiger partial charge in [0.15, 0.2) is 0 Å². The van der Waals surface area contributed by atoms with Crippen LogP contribution in [-0.4, -0.2) is 41.0 Å². The van der Waals surface area contributed by atoms with Gasteiger partial charge in [0, 0.05) is 13.1 Å². The van der Waals surface area contributed by atoms with Crippen molar-refractivity contribution in [3.63, 3.8) is 0 Å². The zero-order valence-electron chi connectivity index (χ0n) is 24.3. The average Bonchev–Trinajstić information content (AvgIpc) is 2.83. The van der Waals surface area contributed by atoms with Gasteiger partial charge in [-0.25, -0.2) is 4.79 Å². The summed E-state index contributed by atoms with van der Waals surface area (Å²) in [5.41, 5.74) is 3.16. The van der Waals surface area contributed by atoms with Gasteiger partial charge in [0.2, 0.25) is 11.8 Å². The fourth-order valence-electron chi connectivity index (χ4n) is 4.24. The second-order valence-corrected chi connectivity index (χ2v) is 11.3. The van der Waals surface area contributed by atoms with Crippen molar-refractivity contribution in [1.29, 1.82) is 0 Å². The van der Waals surface area contributed by atoms with Crippen LogP contribution in [0.1, 0.15) is 82.7 Å². The Hall–Kier alpha value is -3.35. The van der Waals surface area contributed by atoms with Crippen molar-refractivity contribution in [3.8, 4) is 0 Å². The smallest absolute Gasteiger partial charge is 0.408 e. The first-order chi connectivity index (χ1) is 17.8. The molecule has 2 rings (SSSR count). The van der Waals surface area contributed by atoms with Crippen molar-refractivity contribution in [2.24, 2.45) is 5.92 Å². The quantitative estimate of drug-likeness (QED) is 0.387. The molecule has 38 heavy (non-hydrogen) atoms. The zero-order valence-corrected chi connectivity index (χ0v) is 24.3. The first-order valence-electron chi connectivity index (χ1n) is 13.5. The van der Waals surface area contributed by atoms with Crippen molar-refractivity contribution < 1.29 is 19.1 Å². The Morgan fingerprint density at radius 2 is 1.63 bits per heavy atom. The summed E-state index contributed by atoms with van der Waals surface area (Å²) in [5, 5.41) is 5.82. The molecule has 0 radical (unpaired) electrons. The normalized spacial score (nSPS) is 13.0. The number of nitrogens with one attached hydrogen (secondary N) is 2.